The van der Waals surface area contributed by atoms with Gasteiger partial charge in [0.25, 0.3) is 0 Å². The molecule has 1 amide bonds. The Labute approximate surface area is 243 Å². The molecule has 1 N–H and O–H groups in total. The van der Waals surface area contributed by atoms with E-state index in [1.54, 1.807) is 5.57 Å². The SMILES string of the molecule is Cc1ccc(NC(=O)[C@]23CC[C@@H](C)[C@H](C)C2C2=CCC4[C@@]5(C)CCC(=O)C(C)(C)C5CC[C@@]4(C)[C@]2(C)CC3)cc1. The number of amides is 1. The van der Waals surface area contributed by atoms with E-state index in [0.29, 0.717) is 35.4 Å². The van der Waals surface area contributed by atoms with Crippen molar-refractivity contribution in [3.05, 3.63) is 41.5 Å². The van der Waals surface area contributed by atoms with E-state index in [4.69, 9.17) is 0 Å². The molecule has 3 heteroatoms. The Morgan fingerprint density at radius 2 is 1.57 bits per heavy atom. The molecule has 1 aromatic carbocycles. The van der Waals surface area contributed by atoms with Gasteiger partial charge < -0.3 is 5.32 Å². The number of nitrogens with one attached hydrogen (secondary N) is 1. The van der Waals surface area contributed by atoms with Gasteiger partial charge in [-0.15, -0.1) is 0 Å². The van der Waals surface area contributed by atoms with Crippen molar-refractivity contribution in [3.63, 3.8) is 0 Å². The number of benzene rings is 1. The zero-order valence-electron chi connectivity index (χ0n) is 26.5. The molecule has 5 aliphatic rings. The summed E-state index contributed by atoms with van der Waals surface area (Å²) in [6.07, 6.45) is 12.1. The van der Waals surface area contributed by atoms with Crippen molar-refractivity contribution in [2.45, 2.75) is 113 Å². The van der Waals surface area contributed by atoms with Crippen molar-refractivity contribution in [3.8, 4) is 0 Å². The van der Waals surface area contributed by atoms with Crippen LogP contribution in [0.15, 0.2) is 35.9 Å². The van der Waals surface area contributed by atoms with E-state index in [-0.39, 0.29) is 33.0 Å². The minimum absolute atomic E-state index is 0.0964. The Bertz CT molecular complexity index is 1240. The average Bonchev–Trinajstić information content (AvgIpc) is 2.90. The molecule has 0 bridgehead atoms. The molecule has 3 unspecified atom stereocenters. The number of hydrogen-bond donors (Lipinski definition) is 1. The summed E-state index contributed by atoms with van der Waals surface area (Å²) in [7, 11) is 0. The van der Waals surface area contributed by atoms with Gasteiger partial charge in [0, 0.05) is 17.5 Å². The van der Waals surface area contributed by atoms with E-state index in [9.17, 15) is 9.59 Å². The number of ketones is 1. The molecule has 0 aliphatic heterocycles. The zero-order chi connectivity index (χ0) is 28.9. The largest absolute Gasteiger partial charge is 0.326 e. The van der Waals surface area contributed by atoms with Crippen LogP contribution in [-0.4, -0.2) is 11.7 Å². The Hall–Kier alpha value is -1.90. The fourth-order valence-electron chi connectivity index (χ4n) is 11.6. The third-order valence-corrected chi connectivity index (χ3v) is 14.5. The predicted molar refractivity (Wildman–Crippen MR) is 164 cm³/mol. The molecular formula is C37H53NO2. The molecule has 0 radical (unpaired) electrons. The van der Waals surface area contributed by atoms with Crippen LogP contribution in [0.2, 0.25) is 0 Å². The second kappa shape index (κ2) is 9.05. The molecule has 0 saturated heterocycles. The van der Waals surface area contributed by atoms with E-state index in [1.807, 2.05) is 0 Å². The fraction of sp³-hybridized carbons (Fsp3) is 0.730. The molecule has 6 rings (SSSR count). The highest BCUT2D eigenvalue weighted by Crippen LogP contribution is 2.75. The molecule has 218 valence electrons. The lowest BCUT2D eigenvalue weighted by Gasteiger charge is -2.71. The first-order valence-electron chi connectivity index (χ1n) is 16.3. The van der Waals surface area contributed by atoms with Crippen LogP contribution in [0.5, 0.6) is 0 Å². The van der Waals surface area contributed by atoms with Gasteiger partial charge in [0.2, 0.25) is 5.91 Å². The van der Waals surface area contributed by atoms with Gasteiger partial charge in [0.1, 0.15) is 5.78 Å². The summed E-state index contributed by atoms with van der Waals surface area (Å²) in [5.74, 6) is 3.19. The Morgan fingerprint density at radius 1 is 0.875 bits per heavy atom. The Balaban J connectivity index is 1.41. The van der Waals surface area contributed by atoms with Crippen LogP contribution in [0.4, 0.5) is 5.69 Å². The van der Waals surface area contributed by atoms with Gasteiger partial charge in [-0.3, -0.25) is 9.59 Å². The predicted octanol–water partition coefficient (Wildman–Crippen LogP) is 9.16. The average molecular weight is 544 g/mol. The van der Waals surface area contributed by atoms with Crippen LogP contribution < -0.4 is 5.32 Å². The molecule has 4 fully saturated rings. The van der Waals surface area contributed by atoms with Gasteiger partial charge in [-0.05, 0) is 116 Å². The van der Waals surface area contributed by atoms with E-state index < -0.39 is 0 Å². The molecule has 0 aromatic heterocycles. The summed E-state index contributed by atoms with van der Waals surface area (Å²) < 4.78 is 0. The lowest BCUT2D eigenvalue weighted by atomic mass is 9.33. The number of hydrogen-bond acceptors (Lipinski definition) is 2. The number of aryl methyl sites for hydroxylation is 1. The monoisotopic (exact) mass is 543 g/mol. The maximum Gasteiger partial charge on any atom is 0.231 e. The number of anilines is 1. The Morgan fingerprint density at radius 3 is 2.27 bits per heavy atom. The fourth-order valence-corrected chi connectivity index (χ4v) is 11.6. The van der Waals surface area contributed by atoms with Crippen LogP contribution in [0.3, 0.4) is 0 Å². The summed E-state index contributed by atoms with van der Waals surface area (Å²) >= 11 is 0. The van der Waals surface area contributed by atoms with Crippen LogP contribution in [-0.2, 0) is 9.59 Å². The molecule has 40 heavy (non-hydrogen) atoms. The quantitative estimate of drug-likeness (QED) is 0.378. The third kappa shape index (κ3) is 3.60. The minimum Gasteiger partial charge on any atom is -0.326 e. The highest BCUT2D eigenvalue weighted by atomic mass is 16.2. The van der Waals surface area contributed by atoms with E-state index >= 15 is 0 Å². The van der Waals surface area contributed by atoms with Crippen molar-refractivity contribution in [2.24, 2.45) is 56.7 Å². The number of carbonyl (C=O) groups is 2. The summed E-state index contributed by atoms with van der Waals surface area (Å²) in [6, 6.07) is 8.30. The second-order valence-electron chi connectivity index (χ2n) is 16.3. The second-order valence-corrected chi connectivity index (χ2v) is 16.3. The minimum atomic E-state index is -0.328. The lowest BCUT2D eigenvalue weighted by molar-refractivity contribution is -0.186. The van der Waals surface area contributed by atoms with Crippen molar-refractivity contribution in [2.75, 3.05) is 5.32 Å². The molecule has 5 aliphatic carbocycles. The molecule has 1 aromatic rings. The first kappa shape index (κ1) is 28.2. The van der Waals surface area contributed by atoms with Gasteiger partial charge in [-0.25, -0.2) is 0 Å². The van der Waals surface area contributed by atoms with E-state index in [1.165, 1.54) is 12.0 Å². The summed E-state index contributed by atoms with van der Waals surface area (Å²) in [6.45, 7) is 19.2. The van der Waals surface area contributed by atoms with Crippen molar-refractivity contribution < 1.29 is 9.59 Å². The summed E-state index contributed by atoms with van der Waals surface area (Å²) in [4.78, 5) is 27.4. The normalized spacial score (nSPS) is 45.8. The maximum atomic E-state index is 14.4. The van der Waals surface area contributed by atoms with Crippen LogP contribution in [0, 0.1) is 63.6 Å². The van der Waals surface area contributed by atoms with Gasteiger partial charge in [0.05, 0.1) is 5.41 Å². The van der Waals surface area contributed by atoms with Crippen LogP contribution >= 0.6 is 0 Å². The standard InChI is InChI=1S/C37H53NO2/c1-23-9-11-26(12-10-23)38-32(40)37-20-15-24(2)25(3)31(37)27-13-14-29-34(6)18-17-30(39)33(4,5)28(34)16-19-36(29,8)35(27,7)21-22-37/h9-13,24-25,28-29,31H,14-22H2,1-8H3,(H,38,40)/t24-,25+,28?,29?,31?,34+,35-,36-,37+/m1/s1. The van der Waals surface area contributed by atoms with Crippen molar-refractivity contribution in [1.82, 2.24) is 0 Å². The highest BCUT2D eigenvalue weighted by Gasteiger charge is 2.69. The number of allylic oxidation sites excluding steroid dienone is 2. The molecule has 9 atom stereocenters. The number of Topliss-reactive ketones (excluding diaryl/α,β-unsaturated/α-hetero) is 1. The summed E-state index contributed by atoms with van der Waals surface area (Å²) in [5.41, 5.74) is 3.69. The van der Waals surface area contributed by atoms with Gasteiger partial charge in [0.15, 0.2) is 0 Å². The van der Waals surface area contributed by atoms with Crippen molar-refractivity contribution >= 4 is 17.4 Å². The van der Waals surface area contributed by atoms with Gasteiger partial charge >= 0.3 is 0 Å². The maximum absolute atomic E-state index is 14.4. The first-order valence-corrected chi connectivity index (χ1v) is 16.3. The van der Waals surface area contributed by atoms with E-state index in [2.05, 4.69) is 91.0 Å². The molecule has 0 spiro atoms. The Kier molecular flexibility index (Phi) is 6.39. The number of fused-ring (bicyclic) bond motifs is 7. The highest BCUT2D eigenvalue weighted by molar-refractivity contribution is 5.96. The van der Waals surface area contributed by atoms with Crippen molar-refractivity contribution in [1.29, 1.82) is 0 Å². The van der Waals surface area contributed by atoms with Crippen LogP contribution in [0.1, 0.15) is 112 Å². The van der Waals surface area contributed by atoms with E-state index in [0.717, 1.165) is 57.1 Å². The number of carbonyl (C=O) groups excluding carboxylic acids is 2. The topological polar surface area (TPSA) is 46.2 Å². The third-order valence-electron chi connectivity index (χ3n) is 14.5. The number of rotatable bonds is 2. The smallest absolute Gasteiger partial charge is 0.231 e. The molecule has 3 nitrogen and oxygen atoms in total. The van der Waals surface area contributed by atoms with Gasteiger partial charge in [-0.2, -0.15) is 0 Å². The van der Waals surface area contributed by atoms with Crippen LogP contribution in [0.25, 0.3) is 0 Å². The summed E-state index contributed by atoms with van der Waals surface area (Å²) in [5, 5.41) is 3.40. The van der Waals surface area contributed by atoms with Gasteiger partial charge in [-0.1, -0.05) is 77.8 Å². The lowest BCUT2D eigenvalue weighted by Crippen LogP contribution is -2.65. The molecule has 4 saturated carbocycles. The molecule has 0 heterocycles. The zero-order valence-corrected chi connectivity index (χ0v) is 26.5. The first-order chi connectivity index (χ1) is 18.7. The molecular weight excluding hydrogens is 490 g/mol.